The van der Waals surface area contributed by atoms with Crippen LogP contribution in [0.3, 0.4) is 0 Å². The van der Waals surface area contributed by atoms with Crippen molar-refractivity contribution in [1.29, 1.82) is 0 Å². The van der Waals surface area contributed by atoms with Crippen molar-refractivity contribution < 1.29 is 18.0 Å². The maximum absolute atomic E-state index is 13.2. The van der Waals surface area contributed by atoms with E-state index in [2.05, 4.69) is 10.3 Å². The van der Waals surface area contributed by atoms with Crippen molar-refractivity contribution in [3.8, 4) is 0 Å². The molecule has 3 aromatic rings. The number of benzene rings is 2. The van der Waals surface area contributed by atoms with E-state index < -0.39 is 12.1 Å². The minimum Gasteiger partial charge on any atom is -0.348 e. The molecule has 0 aliphatic rings. The van der Waals surface area contributed by atoms with E-state index in [1.165, 1.54) is 17.4 Å². The second kappa shape index (κ2) is 10.1. The summed E-state index contributed by atoms with van der Waals surface area (Å²) in [4.78, 5) is 16.2. The molecule has 0 bridgehead atoms. The number of allylic oxidation sites excluding steroid dienone is 1. The van der Waals surface area contributed by atoms with Gasteiger partial charge in [-0.3, -0.25) is 14.8 Å². The Bertz CT molecular complexity index is 1050. The van der Waals surface area contributed by atoms with Crippen LogP contribution in [0.2, 0.25) is 0 Å². The molecule has 0 saturated heterocycles. The number of carbonyl (C=O) groups excluding carboxylic acids is 1. The summed E-state index contributed by atoms with van der Waals surface area (Å²) in [6, 6.07) is 19.0. The standard InChI is InChI=1S/C24H23F3N4O/c1-17(24(25,26)27)14-22(20-8-5-13-29-16-20)31(28)21-11-9-18(10-12-21)15-30-23(32)19-6-3-2-4-7-19/h2-14,16-17H,15,28H2,1H3,(H,30,32)/b22-14-. The number of hydrazine groups is 1. The van der Waals surface area contributed by atoms with E-state index >= 15 is 0 Å². The number of nitrogens with one attached hydrogen (secondary N) is 1. The Morgan fingerprint density at radius 1 is 1.06 bits per heavy atom. The van der Waals surface area contributed by atoms with Crippen molar-refractivity contribution in [2.45, 2.75) is 19.6 Å². The Hall–Kier alpha value is -3.65. The van der Waals surface area contributed by atoms with Crippen LogP contribution in [0.4, 0.5) is 18.9 Å². The molecule has 8 heteroatoms. The largest absolute Gasteiger partial charge is 0.394 e. The van der Waals surface area contributed by atoms with Crippen LogP contribution in [0.1, 0.15) is 28.4 Å². The predicted molar refractivity (Wildman–Crippen MR) is 118 cm³/mol. The molecule has 3 N–H and O–H groups in total. The molecular formula is C24H23F3N4O. The van der Waals surface area contributed by atoms with Gasteiger partial charge in [0.2, 0.25) is 0 Å². The van der Waals surface area contributed by atoms with Gasteiger partial charge >= 0.3 is 6.18 Å². The van der Waals surface area contributed by atoms with Gasteiger partial charge in [0, 0.05) is 30.1 Å². The third-order valence-corrected chi connectivity index (χ3v) is 4.84. The average molecular weight is 440 g/mol. The van der Waals surface area contributed by atoms with E-state index in [-0.39, 0.29) is 11.6 Å². The molecule has 0 fully saturated rings. The Kier molecular flexibility index (Phi) is 7.27. The highest BCUT2D eigenvalue weighted by Crippen LogP contribution is 2.31. The molecule has 0 saturated carbocycles. The van der Waals surface area contributed by atoms with E-state index in [9.17, 15) is 18.0 Å². The fourth-order valence-corrected chi connectivity index (χ4v) is 2.95. The predicted octanol–water partition coefficient (Wildman–Crippen LogP) is 4.93. The average Bonchev–Trinajstić information content (AvgIpc) is 2.81. The second-order valence-electron chi connectivity index (χ2n) is 7.21. The number of amides is 1. The number of anilines is 1. The normalized spacial score (nSPS) is 12.8. The molecule has 1 aromatic heterocycles. The maximum atomic E-state index is 13.2. The molecule has 5 nitrogen and oxygen atoms in total. The van der Waals surface area contributed by atoms with Crippen LogP contribution < -0.4 is 16.2 Å². The minimum atomic E-state index is -4.39. The molecule has 1 heterocycles. The van der Waals surface area contributed by atoms with Crippen molar-refractivity contribution in [2.75, 3.05) is 5.01 Å². The van der Waals surface area contributed by atoms with Crippen LogP contribution in [0, 0.1) is 5.92 Å². The zero-order valence-corrected chi connectivity index (χ0v) is 17.4. The van der Waals surface area contributed by atoms with Gasteiger partial charge in [-0.15, -0.1) is 0 Å². The highest BCUT2D eigenvalue weighted by Gasteiger charge is 2.35. The molecule has 0 spiro atoms. The van der Waals surface area contributed by atoms with Crippen LogP contribution >= 0.6 is 0 Å². The van der Waals surface area contributed by atoms with E-state index in [0.29, 0.717) is 23.4 Å². The number of nitrogens with zero attached hydrogens (tertiary/aromatic N) is 2. The van der Waals surface area contributed by atoms with Crippen LogP contribution in [0.15, 0.2) is 85.2 Å². The third kappa shape index (κ3) is 5.95. The molecule has 2 aromatic carbocycles. The highest BCUT2D eigenvalue weighted by atomic mass is 19.4. The summed E-state index contributed by atoms with van der Waals surface area (Å²) < 4.78 is 39.5. The lowest BCUT2D eigenvalue weighted by atomic mass is 10.1. The van der Waals surface area contributed by atoms with E-state index in [1.807, 2.05) is 6.07 Å². The van der Waals surface area contributed by atoms with Gasteiger partial charge in [-0.25, -0.2) is 5.84 Å². The SMILES string of the molecule is CC(/C=C(/c1cccnc1)N(N)c1ccc(CNC(=O)c2ccccc2)cc1)C(F)(F)F. The number of nitrogens with two attached hydrogens (primary N) is 1. The molecule has 0 aliphatic heterocycles. The van der Waals surface area contributed by atoms with E-state index in [4.69, 9.17) is 5.84 Å². The van der Waals surface area contributed by atoms with Gasteiger partial charge in [0.15, 0.2) is 0 Å². The zero-order valence-electron chi connectivity index (χ0n) is 17.4. The fourth-order valence-electron chi connectivity index (χ4n) is 2.95. The lowest BCUT2D eigenvalue weighted by molar-refractivity contribution is -0.156. The monoisotopic (exact) mass is 440 g/mol. The number of aromatic nitrogens is 1. The number of hydrogen-bond donors (Lipinski definition) is 2. The van der Waals surface area contributed by atoms with Crippen LogP contribution in [0.5, 0.6) is 0 Å². The van der Waals surface area contributed by atoms with Gasteiger partial charge in [0.05, 0.1) is 17.3 Å². The Balaban J connectivity index is 1.76. The molecule has 166 valence electrons. The Morgan fingerprint density at radius 2 is 1.72 bits per heavy atom. The summed E-state index contributed by atoms with van der Waals surface area (Å²) in [6.07, 6.45) is -0.323. The van der Waals surface area contributed by atoms with Gasteiger partial charge in [0.1, 0.15) is 0 Å². The van der Waals surface area contributed by atoms with Crippen molar-refractivity contribution >= 4 is 17.3 Å². The molecule has 0 radical (unpaired) electrons. The van der Waals surface area contributed by atoms with Crippen molar-refractivity contribution in [1.82, 2.24) is 10.3 Å². The number of hydrogen-bond acceptors (Lipinski definition) is 4. The summed E-state index contributed by atoms with van der Waals surface area (Å²) in [5.41, 5.74) is 2.52. The lowest BCUT2D eigenvalue weighted by Gasteiger charge is -2.24. The molecule has 1 unspecified atom stereocenters. The minimum absolute atomic E-state index is 0.188. The van der Waals surface area contributed by atoms with Gasteiger partial charge in [-0.1, -0.05) is 37.3 Å². The topological polar surface area (TPSA) is 71.2 Å². The Labute approximate surface area is 184 Å². The molecule has 3 rings (SSSR count). The van der Waals surface area contributed by atoms with Crippen LogP contribution in [-0.4, -0.2) is 17.1 Å². The van der Waals surface area contributed by atoms with Crippen LogP contribution in [-0.2, 0) is 6.54 Å². The number of carbonyl (C=O) groups is 1. The van der Waals surface area contributed by atoms with Gasteiger partial charge in [0.25, 0.3) is 5.91 Å². The smallest absolute Gasteiger partial charge is 0.348 e. The molecule has 1 atom stereocenters. The maximum Gasteiger partial charge on any atom is 0.394 e. The first-order chi connectivity index (χ1) is 15.3. The number of halogens is 3. The first-order valence-corrected chi connectivity index (χ1v) is 9.91. The van der Waals surface area contributed by atoms with Gasteiger partial charge in [-0.2, -0.15) is 13.2 Å². The zero-order chi connectivity index (χ0) is 23.1. The summed E-state index contributed by atoms with van der Waals surface area (Å²) in [5.74, 6) is 4.32. The molecular weight excluding hydrogens is 417 g/mol. The Morgan fingerprint density at radius 3 is 2.31 bits per heavy atom. The first kappa shape index (κ1) is 23.0. The molecule has 1 amide bonds. The molecule has 32 heavy (non-hydrogen) atoms. The van der Waals surface area contributed by atoms with Gasteiger partial charge in [-0.05, 0) is 48.0 Å². The third-order valence-electron chi connectivity index (χ3n) is 4.84. The number of rotatable bonds is 7. The fraction of sp³-hybridized carbons (Fsp3) is 0.167. The highest BCUT2D eigenvalue weighted by molar-refractivity contribution is 5.94. The quantitative estimate of drug-likeness (QED) is 0.404. The van der Waals surface area contributed by atoms with Crippen molar-refractivity contribution in [3.63, 3.8) is 0 Å². The lowest BCUT2D eigenvalue weighted by Crippen LogP contribution is -2.30. The first-order valence-electron chi connectivity index (χ1n) is 9.91. The number of pyridine rings is 1. The van der Waals surface area contributed by atoms with Gasteiger partial charge < -0.3 is 5.32 Å². The second-order valence-corrected chi connectivity index (χ2v) is 7.21. The summed E-state index contributed by atoms with van der Waals surface area (Å²) in [7, 11) is 0. The summed E-state index contributed by atoms with van der Waals surface area (Å²) in [5, 5.41) is 4.03. The van der Waals surface area contributed by atoms with Crippen molar-refractivity contribution in [3.05, 3.63) is 102 Å². The van der Waals surface area contributed by atoms with Crippen molar-refractivity contribution in [2.24, 2.45) is 11.8 Å². The van der Waals surface area contributed by atoms with Crippen LogP contribution in [0.25, 0.3) is 5.70 Å². The summed E-state index contributed by atoms with van der Waals surface area (Å²) >= 11 is 0. The number of alkyl halides is 3. The molecule has 0 aliphatic carbocycles. The summed E-state index contributed by atoms with van der Waals surface area (Å²) in [6.45, 7) is 1.37. The van der Waals surface area contributed by atoms with E-state index in [1.54, 1.807) is 60.7 Å². The van der Waals surface area contributed by atoms with E-state index in [0.717, 1.165) is 18.6 Å².